The van der Waals surface area contributed by atoms with Crippen molar-refractivity contribution in [3.63, 3.8) is 0 Å². The molecular weight excluding hydrogens is 1070 g/mol. The zero-order chi connectivity index (χ0) is 59.4. The molecule has 0 bridgehead atoms. The number of nitriles is 1. The Hall–Kier alpha value is -10.5. The molecule has 0 radical (unpaired) electrons. The van der Waals surface area contributed by atoms with Crippen molar-refractivity contribution in [2.75, 3.05) is 4.90 Å². The van der Waals surface area contributed by atoms with E-state index < -0.39 is 0 Å². The second-order valence-electron chi connectivity index (χ2n) is 24.7. The second-order valence-corrected chi connectivity index (χ2v) is 25.3. The highest BCUT2D eigenvalue weighted by molar-refractivity contribution is 7.00. The van der Waals surface area contributed by atoms with Gasteiger partial charge in [0.1, 0.15) is 11.0 Å². The molecule has 0 aliphatic heterocycles. The van der Waals surface area contributed by atoms with Gasteiger partial charge >= 0.3 is 0 Å². The summed E-state index contributed by atoms with van der Waals surface area (Å²) in [6.45, 7) is 13.6. The maximum absolute atomic E-state index is 9.44. The van der Waals surface area contributed by atoms with E-state index in [1.165, 1.54) is 78.1 Å². The molecule has 0 fully saturated rings. The van der Waals surface area contributed by atoms with E-state index in [0.29, 0.717) is 5.56 Å². The van der Waals surface area contributed by atoms with Gasteiger partial charge in [-0.3, -0.25) is 0 Å². The van der Waals surface area contributed by atoms with E-state index >= 15 is 0 Å². The average molecular weight is 1140 g/mol. The van der Waals surface area contributed by atoms with Crippen molar-refractivity contribution in [3.8, 4) is 89.6 Å². The molecule has 12 aromatic carbocycles. The third-order valence-electron chi connectivity index (χ3n) is 17.1. The van der Waals surface area contributed by atoms with E-state index in [-0.39, 0.29) is 10.8 Å². The molecule has 2 heterocycles. The molecule has 14 aromatic rings. The van der Waals surface area contributed by atoms with Gasteiger partial charge in [-0.2, -0.15) is 14.0 Å². The number of benzene rings is 12. The number of aromatic nitrogens is 3. The quantitative estimate of drug-likeness (QED) is 0.129. The Labute approximate surface area is 513 Å². The predicted octanol–water partition coefficient (Wildman–Crippen LogP) is 22.4. The molecule has 0 aliphatic carbocycles. The summed E-state index contributed by atoms with van der Waals surface area (Å²) in [7, 11) is 0. The molecule has 87 heavy (non-hydrogen) atoms. The topological polar surface area (TPSA) is 57.7 Å². The van der Waals surface area contributed by atoms with Gasteiger partial charge in [0.05, 0.1) is 40.1 Å². The third kappa shape index (κ3) is 10.6. The third-order valence-corrected chi connectivity index (χ3v) is 17.7. The van der Waals surface area contributed by atoms with Crippen molar-refractivity contribution in [1.29, 1.82) is 5.26 Å². The largest absolute Gasteiger partial charge is 0.309 e. The van der Waals surface area contributed by atoms with E-state index in [9.17, 15) is 5.26 Å². The number of nitrogens with zero attached hydrogens (tertiary/aromatic N) is 5. The molecule has 0 spiro atoms. The van der Waals surface area contributed by atoms with E-state index in [0.717, 1.165) is 78.2 Å². The Balaban J connectivity index is 0.825. The van der Waals surface area contributed by atoms with Crippen LogP contribution in [0.4, 0.5) is 17.1 Å². The van der Waals surface area contributed by atoms with Crippen LogP contribution in [0.2, 0.25) is 0 Å². The molecule has 0 saturated carbocycles. The first kappa shape index (κ1) is 54.5. The fraction of sp³-hybridized carbons (Fsp3) is 0.0988. The van der Waals surface area contributed by atoms with Crippen LogP contribution in [0, 0.1) is 11.3 Å². The summed E-state index contributed by atoms with van der Waals surface area (Å²) in [5, 5.41) is 11.8. The zero-order valence-corrected chi connectivity index (χ0v) is 50.4. The van der Waals surface area contributed by atoms with Crippen molar-refractivity contribution in [3.05, 3.63) is 290 Å². The lowest BCUT2D eigenvalue weighted by molar-refractivity contribution is 0.590. The Morgan fingerprint density at radius 2 is 0.713 bits per heavy atom. The Bertz CT molecular complexity index is 4690. The highest BCUT2D eigenvalue weighted by Crippen LogP contribution is 2.44. The first-order valence-corrected chi connectivity index (χ1v) is 30.5. The SMILES string of the molecule is CC(C)(C)c1ccc(-c2ccc(-c3ccc4c(c3)c3cc(-c5ccc(-c6ccc(C(C)(C)C)cc6)cc5)ccc3n4-c3ccc(-c4ccc(N(c5ccc(-c6ccccc6)cc5)c5ccc(-c6ccc(C#N)cc6)cc5)c5nsnc45)cc3)cc2)cc1. The molecule has 0 aliphatic rings. The Morgan fingerprint density at radius 3 is 1.14 bits per heavy atom. The van der Waals surface area contributed by atoms with Gasteiger partial charge in [0.15, 0.2) is 0 Å². The van der Waals surface area contributed by atoms with E-state index in [1.807, 2.05) is 30.3 Å². The summed E-state index contributed by atoms with van der Waals surface area (Å²) >= 11 is 1.24. The van der Waals surface area contributed by atoms with Crippen LogP contribution < -0.4 is 4.90 Å². The minimum Gasteiger partial charge on any atom is -0.309 e. The molecule has 418 valence electrons. The summed E-state index contributed by atoms with van der Waals surface area (Å²) in [6, 6.07) is 101. The van der Waals surface area contributed by atoms with Crippen LogP contribution in [0.25, 0.3) is 116 Å². The lowest BCUT2D eigenvalue weighted by Crippen LogP contribution is -2.10. The van der Waals surface area contributed by atoms with Gasteiger partial charge in [-0.25, -0.2) is 0 Å². The van der Waals surface area contributed by atoms with Crippen LogP contribution >= 0.6 is 11.7 Å². The van der Waals surface area contributed by atoms with Crippen LogP contribution in [0.3, 0.4) is 0 Å². The molecule has 0 atom stereocenters. The van der Waals surface area contributed by atoms with Crippen molar-refractivity contribution < 1.29 is 0 Å². The maximum atomic E-state index is 9.44. The lowest BCUT2D eigenvalue weighted by atomic mass is 9.86. The fourth-order valence-electron chi connectivity index (χ4n) is 12.2. The normalized spacial score (nSPS) is 11.8. The smallest absolute Gasteiger partial charge is 0.129 e. The van der Waals surface area contributed by atoms with Gasteiger partial charge in [-0.15, -0.1) is 0 Å². The van der Waals surface area contributed by atoms with Crippen LogP contribution in [0.15, 0.2) is 273 Å². The van der Waals surface area contributed by atoms with Crippen molar-refractivity contribution in [2.24, 2.45) is 0 Å². The van der Waals surface area contributed by atoms with E-state index in [1.54, 1.807) is 0 Å². The van der Waals surface area contributed by atoms with Crippen LogP contribution in [-0.2, 0) is 10.8 Å². The minimum atomic E-state index is 0.105. The van der Waals surface area contributed by atoms with Crippen molar-refractivity contribution in [2.45, 2.75) is 52.4 Å². The minimum absolute atomic E-state index is 0.105. The van der Waals surface area contributed by atoms with Gasteiger partial charge in [-0.05, 0) is 179 Å². The van der Waals surface area contributed by atoms with Crippen LogP contribution in [0.5, 0.6) is 0 Å². The van der Waals surface area contributed by atoms with Crippen molar-refractivity contribution >= 4 is 61.6 Å². The van der Waals surface area contributed by atoms with Crippen LogP contribution in [0.1, 0.15) is 58.2 Å². The number of rotatable bonds is 11. The monoisotopic (exact) mass is 1140 g/mol. The molecule has 0 amide bonds. The average Bonchev–Trinajstić information content (AvgIpc) is 1.84. The number of anilines is 3. The molecule has 2 aromatic heterocycles. The van der Waals surface area contributed by atoms with Crippen LogP contribution in [-0.4, -0.2) is 13.3 Å². The molecule has 14 rings (SSSR count). The molecule has 0 saturated heterocycles. The number of fused-ring (bicyclic) bond motifs is 4. The zero-order valence-electron chi connectivity index (χ0n) is 49.6. The molecule has 6 heteroatoms. The number of hydrogen-bond donors (Lipinski definition) is 0. The standard InChI is InChI=1S/C81H63N5S/c1-80(2,3)67-36-24-58(25-37-67)56-16-20-62(21-17-56)65-34-47-75-73(50-65)74-51-66(63-22-18-57(19-23-63)59-26-38-68(39-27-59)81(4,5)6)35-48-76(74)86(75)71-44-32-64(33-45-71)72-46-49-77(79-78(72)83-87-84-79)85(69-40-28-60(29-41-69)54-10-8-7-9-11-54)70-42-30-61(31-43-70)55-14-12-53(52-82)13-15-55/h7-51H,1-6H3. The Kier molecular flexibility index (Phi) is 13.9. The summed E-state index contributed by atoms with van der Waals surface area (Å²) in [5.74, 6) is 0. The molecule has 0 unspecified atom stereocenters. The molecule has 5 nitrogen and oxygen atoms in total. The Morgan fingerprint density at radius 1 is 0.356 bits per heavy atom. The number of hydrogen-bond acceptors (Lipinski definition) is 5. The van der Waals surface area contributed by atoms with Gasteiger partial charge in [0.2, 0.25) is 0 Å². The highest BCUT2D eigenvalue weighted by atomic mass is 32.1. The van der Waals surface area contributed by atoms with E-state index in [2.05, 4.69) is 300 Å². The van der Waals surface area contributed by atoms with Crippen molar-refractivity contribution in [1.82, 2.24) is 13.3 Å². The molecule has 0 N–H and O–H groups in total. The summed E-state index contributed by atoms with van der Waals surface area (Å²) in [4.78, 5) is 2.27. The van der Waals surface area contributed by atoms with Gasteiger partial charge in [0, 0.05) is 33.4 Å². The first-order chi connectivity index (χ1) is 42.3. The maximum Gasteiger partial charge on any atom is 0.129 e. The summed E-state index contributed by atoms with van der Waals surface area (Å²) < 4.78 is 12.4. The predicted molar refractivity (Wildman–Crippen MR) is 367 cm³/mol. The second kappa shape index (κ2) is 22.2. The van der Waals surface area contributed by atoms with Gasteiger partial charge < -0.3 is 9.47 Å². The van der Waals surface area contributed by atoms with Gasteiger partial charge in [0.25, 0.3) is 0 Å². The first-order valence-electron chi connectivity index (χ1n) is 29.7. The fourth-order valence-corrected chi connectivity index (χ4v) is 12.7. The molecular formula is C81H63N5S. The summed E-state index contributed by atoms with van der Waals surface area (Å²) in [6.07, 6.45) is 0. The van der Waals surface area contributed by atoms with E-state index in [4.69, 9.17) is 8.75 Å². The lowest BCUT2D eigenvalue weighted by Gasteiger charge is -2.26. The summed E-state index contributed by atoms with van der Waals surface area (Å²) in [5.41, 5.74) is 27.5. The van der Waals surface area contributed by atoms with Gasteiger partial charge in [-0.1, -0.05) is 230 Å². The highest BCUT2D eigenvalue weighted by Gasteiger charge is 2.22.